The number of hydrogen-bond donors (Lipinski definition) is 2. The largest absolute Gasteiger partial charge is 0.493 e. The molecule has 1 aliphatic rings. The van der Waals surface area contributed by atoms with Crippen molar-refractivity contribution in [3.63, 3.8) is 0 Å². The number of rotatable bonds is 4. The van der Waals surface area contributed by atoms with Gasteiger partial charge < -0.3 is 20.1 Å². The molecule has 1 unspecified atom stereocenters. The van der Waals surface area contributed by atoms with E-state index in [1.165, 1.54) is 0 Å². The first-order valence-electron chi connectivity index (χ1n) is 7.23. The molecule has 0 aliphatic heterocycles. The van der Waals surface area contributed by atoms with Crippen molar-refractivity contribution in [3.8, 4) is 11.5 Å². The number of carbonyl (C=O) groups is 1. The SMILES string of the molecule is COc1ccc(NC(=O)NC2CCC(C)(C)C2)cc1OC. The van der Waals surface area contributed by atoms with Gasteiger partial charge in [-0.3, -0.25) is 0 Å². The lowest BCUT2D eigenvalue weighted by molar-refractivity contribution is 0.247. The van der Waals surface area contributed by atoms with E-state index in [4.69, 9.17) is 9.47 Å². The lowest BCUT2D eigenvalue weighted by atomic mass is 9.92. The molecule has 5 nitrogen and oxygen atoms in total. The molecule has 1 fully saturated rings. The maximum absolute atomic E-state index is 12.0. The minimum Gasteiger partial charge on any atom is -0.493 e. The predicted octanol–water partition coefficient (Wildman–Crippen LogP) is 3.40. The number of benzene rings is 1. The second-order valence-electron chi connectivity index (χ2n) is 6.27. The van der Waals surface area contributed by atoms with Gasteiger partial charge in [-0.1, -0.05) is 13.8 Å². The zero-order valence-corrected chi connectivity index (χ0v) is 13.2. The molecule has 1 saturated carbocycles. The van der Waals surface area contributed by atoms with E-state index < -0.39 is 0 Å². The number of carbonyl (C=O) groups excluding carboxylic acids is 1. The predicted molar refractivity (Wildman–Crippen MR) is 83.1 cm³/mol. The third-order valence-corrected chi connectivity index (χ3v) is 3.95. The van der Waals surface area contributed by atoms with Crippen molar-refractivity contribution in [1.82, 2.24) is 5.32 Å². The van der Waals surface area contributed by atoms with Crippen LogP contribution in [0.1, 0.15) is 33.1 Å². The zero-order chi connectivity index (χ0) is 15.5. The van der Waals surface area contributed by atoms with E-state index in [0.717, 1.165) is 19.3 Å². The Bertz CT molecular complexity index is 514. The van der Waals surface area contributed by atoms with E-state index in [-0.39, 0.29) is 12.1 Å². The highest BCUT2D eigenvalue weighted by Gasteiger charge is 2.31. The number of anilines is 1. The van der Waals surface area contributed by atoms with Crippen LogP contribution in [-0.4, -0.2) is 26.3 Å². The van der Waals surface area contributed by atoms with E-state index in [2.05, 4.69) is 24.5 Å². The average molecular weight is 292 g/mol. The van der Waals surface area contributed by atoms with Crippen LogP contribution in [0, 0.1) is 5.41 Å². The molecular formula is C16H24N2O3. The number of urea groups is 1. The van der Waals surface area contributed by atoms with Gasteiger partial charge in [-0.2, -0.15) is 0 Å². The minimum atomic E-state index is -0.176. The molecule has 116 valence electrons. The number of methoxy groups -OCH3 is 2. The highest BCUT2D eigenvalue weighted by Crippen LogP contribution is 2.37. The summed E-state index contributed by atoms with van der Waals surface area (Å²) in [6, 6.07) is 5.38. The smallest absolute Gasteiger partial charge is 0.319 e. The van der Waals surface area contributed by atoms with E-state index in [9.17, 15) is 4.79 Å². The molecule has 2 N–H and O–H groups in total. The van der Waals surface area contributed by atoms with Crippen LogP contribution in [-0.2, 0) is 0 Å². The average Bonchev–Trinajstić information content (AvgIpc) is 2.77. The van der Waals surface area contributed by atoms with Crippen molar-refractivity contribution < 1.29 is 14.3 Å². The molecular weight excluding hydrogens is 268 g/mol. The van der Waals surface area contributed by atoms with E-state index in [1.54, 1.807) is 32.4 Å². The van der Waals surface area contributed by atoms with Crippen LogP contribution in [0.25, 0.3) is 0 Å². The van der Waals surface area contributed by atoms with Crippen molar-refractivity contribution in [1.29, 1.82) is 0 Å². The van der Waals surface area contributed by atoms with E-state index >= 15 is 0 Å². The van der Waals surface area contributed by atoms with Crippen molar-refractivity contribution >= 4 is 11.7 Å². The summed E-state index contributed by atoms with van der Waals surface area (Å²) in [5.41, 5.74) is 1.00. The molecule has 0 saturated heterocycles. The van der Waals surface area contributed by atoms with Crippen LogP contribution in [0.3, 0.4) is 0 Å². The van der Waals surface area contributed by atoms with Crippen LogP contribution in [0.2, 0.25) is 0 Å². The number of amides is 2. The molecule has 5 heteroatoms. The van der Waals surface area contributed by atoms with Gasteiger partial charge in [0.2, 0.25) is 0 Å². The Morgan fingerprint density at radius 1 is 1.24 bits per heavy atom. The highest BCUT2D eigenvalue weighted by molar-refractivity contribution is 5.89. The zero-order valence-electron chi connectivity index (χ0n) is 13.2. The Hall–Kier alpha value is -1.91. The molecule has 0 aromatic heterocycles. The van der Waals surface area contributed by atoms with Crippen LogP contribution in [0.4, 0.5) is 10.5 Å². The molecule has 0 heterocycles. The van der Waals surface area contributed by atoms with Crippen LogP contribution >= 0.6 is 0 Å². The molecule has 1 aromatic rings. The Balaban J connectivity index is 1.94. The Kier molecular flexibility index (Phi) is 4.60. The number of ether oxygens (including phenoxy) is 2. The first-order chi connectivity index (χ1) is 9.93. The summed E-state index contributed by atoms with van der Waals surface area (Å²) in [5, 5.41) is 5.86. The quantitative estimate of drug-likeness (QED) is 0.894. The molecule has 21 heavy (non-hydrogen) atoms. The summed E-state index contributed by atoms with van der Waals surface area (Å²) in [4.78, 5) is 12.0. The summed E-state index contributed by atoms with van der Waals surface area (Å²) in [6.45, 7) is 4.47. The lowest BCUT2D eigenvalue weighted by Crippen LogP contribution is -2.36. The van der Waals surface area contributed by atoms with E-state index in [1.807, 2.05) is 0 Å². The van der Waals surface area contributed by atoms with E-state index in [0.29, 0.717) is 22.6 Å². The molecule has 2 amide bonds. The molecule has 0 bridgehead atoms. The van der Waals surface area contributed by atoms with Gasteiger partial charge in [-0.15, -0.1) is 0 Å². The number of nitrogens with one attached hydrogen (secondary N) is 2. The molecule has 0 spiro atoms. The summed E-state index contributed by atoms with van der Waals surface area (Å²) >= 11 is 0. The maximum atomic E-state index is 12.0. The first-order valence-corrected chi connectivity index (χ1v) is 7.23. The van der Waals surface area contributed by atoms with Crippen LogP contribution < -0.4 is 20.1 Å². The molecule has 2 rings (SSSR count). The molecule has 0 radical (unpaired) electrons. The highest BCUT2D eigenvalue weighted by atomic mass is 16.5. The second kappa shape index (κ2) is 6.24. The minimum absolute atomic E-state index is 0.176. The Morgan fingerprint density at radius 2 is 1.95 bits per heavy atom. The van der Waals surface area contributed by atoms with Crippen molar-refractivity contribution in [2.75, 3.05) is 19.5 Å². The third kappa shape index (κ3) is 4.03. The molecule has 1 aromatic carbocycles. The van der Waals surface area contributed by atoms with Gasteiger partial charge in [0.25, 0.3) is 0 Å². The van der Waals surface area contributed by atoms with Gasteiger partial charge in [0.1, 0.15) is 0 Å². The van der Waals surface area contributed by atoms with Gasteiger partial charge in [-0.05, 0) is 36.8 Å². The van der Waals surface area contributed by atoms with Crippen LogP contribution in [0.5, 0.6) is 11.5 Å². The second-order valence-corrected chi connectivity index (χ2v) is 6.27. The molecule has 1 atom stereocenters. The summed E-state index contributed by atoms with van der Waals surface area (Å²) in [5.74, 6) is 1.23. The summed E-state index contributed by atoms with van der Waals surface area (Å²) < 4.78 is 10.4. The Labute approximate surface area is 126 Å². The topological polar surface area (TPSA) is 59.6 Å². The van der Waals surface area contributed by atoms with Gasteiger partial charge in [0.15, 0.2) is 11.5 Å². The lowest BCUT2D eigenvalue weighted by Gasteiger charge is -2.18. The molecule has 1 aliphatic carbocycles. The first kappa shape index (κ1) is 15.5. The normalized spacial score (nSPS) is 19.9. The monoisotopic (exact) mass is 292 g/mol. The van der Waals surface area contributed by atoms with Crippen molar-refractivity contribution in [2.24, 2.45) is 5.41 Å². The summed E-state index contributed by atoms with van der Waals surface area (Å²) in [6.07, 6.45) is 3.20. The standard InChI is InChI=1S/C16H24N2O3/c1-16(2)8-7-12(10-16)18-15(19)17-11-5-6-13(20-3)14(9-11)21-4/h5-6,9,12H,7-8,10H2,1-4H3,(H2,17,18,19). The van der Waals surface area contributed by atoms with Gasteiger partial charge >= 0.3 is 6.03 Å². The Morgan fingerprint density at radius 3 is 2.52 bits per heavy atom. The van der Waals surface area contributed by atoms with Crippen LogP contribution in [0.15, 0.2) is 18.2 Å². The van der Waals surface area contributed by atoms with Crippen molar-refractivity contribution in [3.05, 3.63) is 18.2 Å². The van der Waals surface area contributed by atoms with Gasteiger partial charge in [0.05, 0.1) is 14.2 Å². The maximum Gasteiger partial charge on any atom is 0.319 e. The fraction of sp³-hybridized carbons (Fsp3) is 0.562. The fourth-order valence-electron chi connectivity index (χ4n) is 2.83. The number of hydrogen-bond acceptors (Lipinski definition) is 3. The summed E-state index contributed by atoms with van der Waals surface area (Å²) in [7, 11) is 3.15. The fourth-order valence-corrected chi connectivity index (χ4v) is 2.83. The van der Waals surface area contributed by atoms with Crippen molar-refractivity contribution in [2.45, 2.75) is 39.2 Å². The van der Waals surface area contributed by atoms with Gasteiger partial charge in [-0.25, -0.2) is 4.79 Å². The third-order valence-electron chi connectivity index (χ3n) is 3.95. The van der Waals surface area contributed by atoms with Gasteiger partial charge in [0, 0.05) is 17.8 Å².